The number of hydrogen-bond acceptors (Lipinski definition) is 4. The third-order valence-corrected chi connectivity index (χ3v) is 2.62. The van der Waals surface area contributed by atoms with Crippen LogP contribution in [0, 0.1) is 12.3 Å². The van der Waals surface area contributed by atoms with E-state index in [2.05, 4.69) is 5.92 Å². The molecule has 0 fully saturated rings. The highest BCUT2D eigenvalue weighted by molar-refractivity contribution is 7.12. The minimum atomic E-state index is -0.385. The molecule has 0 saturated heterocycles. The minimum absolute atomic E-state index is 0.269. The van der Waals surface area contributed by atoms with Crippen LogP contribution in [-0.2, 0) is 4.74 Å². The third-order valence-electron chi connectivity index (χ3n) is 1.75. The van der Waals surface area contributed by atoms with Gasteiger partial charge in [0.25, 0.3) is 0 Å². The van der Waals surface area contributed by atoms with Gasteiger partial charge in [-0.15, -0.1) is 23.7 Å². The molecule has 0 aromatic carbocycles. The van der Waals surface area contributed by atoms with Crippen LogP contribution in [0.2, 0.25) is 0 Å². The molecule has 0 aliphatic rings. The Bertz CT molecular complexity index is 375. The highest BCUT2D eigenvalue weighted by atomic mass is 32.1. The molecule has 1 aromatic rings. The van der Waals surface area contributed by atoms with Crippen molar-refractivity contribution in [3.8, 4) is 18.1 Å². The Hall–Kier alpha value is -1.47. The average Bonchev–Trinajstić information content (AvgIpc) is 2.65. The van der Waals surface area contributed by atoms with Gasteiger partial charge in [0.2, 0.25) is 0 Å². The Morgan fingerprint density at radius 1 is 1.73 bits per heavy atom. The summed E-state index contributed by atoms with van der Waals surface area (Å²) in [5.74, 6) is 2.60. The molecule has 1 heterocycles. The molecule has 80 valence electrons. The average molecular weight is 224 g/mol. The quantitative estimate of drug-likeness (QED) is 0.581. The first-order valence-corrected chi connectivity index (χ1v) is 5.33. The second kappa shape index (κ2) is 5.42. The van der Waals surface area contributed by atoms with Gasteiger partial charge in [-0.25, -0.2) is 4.79 Å². The van der Waals surface area contributed by atoms with Gasteiger partial charge in [0.1, 0.15) is 11.9 Å². The minimum Gasteiger partial charge on any atom is -0.495 e. The Morgan fingerprint density at radius 3 is 3.07 bits per heavy atom. The highest BCUT2D eigenvalue weighted by Crippen LogP contribution is 2.25. The predicted octanol–water partition coefficient (Wildman–Crippen LogP) is 2.33. The van der Waals surface area contributed by atoms with Gasteiger partial charge < -0.3 is 9.47 Å². The Morgan fingerprint density at radius 2 is 2.47 bits per heavy atom. The summed E-state index contributed by atoms with van der Waals surface area (Å²) in [6.45, 7) is 1.76. The number of hydrogen-bond donors (Lipinski definition) is 0. The van der Waals surface area contributed by atoms with E-state index in [1.54, 1.807) is 18.4 Å². The van der Waals surface area contributed by atoms with Crippen molar-refractivity contribution < 1.29 is 14.3 Å². The first-order valence-electron chi connectivity index (χ1n) is 4.45. The fraction of sp³-hybridized carbons (Fsp3) is 0.364. The standard InChI is InChI=1S/C11H12O3S/c1-4-5-8(2)14-11(12)10-9(13-3)6-7-15-10/h1,6-8H,5H2,2-3H3/t8-/m0/s1. The second-order valence-electron chi connectivity index (χ2n) is 2.94. The first kappa shape index (κ1) is 11.6. The van der Waals surface area contributed by atoms with E-state index in [9.17, 15) is 4.79 Å². The maximum atomic E-state index is 11.6. The number of ether oxygens (including phenoxy) is 2. The van der Waals surface area contributed by atoms with Gasteiger partial charge in [-0.1, -0.05) is 0 Å². The number of carbonyl (C=O) groups is 1. The summed E-state index contributed by atoms with van der Waals surface area (Å²) in [6.07, 6.45) is 5.26. The number of terminal acetylenes is 1. The van der Waals surface area contributed by atoms with E-state index in [-0.39, 0.29) is 12.1 Å². The highest BCUT2D eigenvalue weighted by Gasteiger charge is 2.17. The number of methoxy groups -OCH3 is 1. The van der Waals surface area contributed by atoms with Crippen LogP contribution in [-0.4, -0.2) is 19.2 Å². The lowest BCUT2D eigenvalue weighted by Gasteiger charge is -2.09. The van der Waals surface area contributed by atoms with Crippen molar-refractivity contribution in [3.05, 3.63) is 16.3 Å². The van der Waals surface area contributed by atoms with E-state index in [0.717, 1.165) is 0 Å². The molecule has 0 bridgehead atoms. The lowest BCUT2D eigenvalue weighted by molar-refractivity contribution is 0.0355. The summed E-state index contributed by atoms with van der Waals surface area (Å²) in [4.78, 5) is 12.1. The van der Waals surface area contributed by atoms with Crippen LogP contribution in [0.25, 0.3) is 0 Å². The molecule has 0 aliphatic carbocycles. The van der Waals surface area contributed by atoms with Gasteiger partial charge in [0, 0.05) is 6.42 Å². The molecule has 0 amide bonds. The normalized spacial score (nSPS) is 11.5. The van der Waals surface area contributed by atoms with Crippen molar-refractivity contribution >= 4 is 17.3 Å². The molecule has 0 unspecified atom stereocenters. The van der Waals surface area contributed by atoms with Crippen molar-refractivity contribution in [3.63, 3.8) is 0 Å². The van der Waals surface area contributed by atoms with Crippen molar-refractivity contribution in [1.82, 2.24) is 0 Å². The van der Waals surface area contributed by atoms with E-state index in [1.165, 1.54) is 18.4 Å². The van der Waals surface area contributed by atoms with Gasteiger partial charge >= 0.3 is 5.97 Å². The molecule has 0 N–H and O–H groups in total. The van der Waals surface area contributed by atoms with E-state index in [4.69, 9.17) is 15.9 Å². The second-order valence-corrected chi connectivity index (χ2v) is 3.86. The molecule has 1 aromatic heterocycles. The Balaban J connectivity index is 2.65. The SMILES string of the molecule is C#CC[C@H](C)OC(=O)c1sccc1OC. The zero-order valence-corrected chi connectivity index (χ0v) is 9.47. The topological polar surface area (TPSA) is 35.5 Å². The molecule has 0 spiro atoms. The zero-order chi connectivity index (χ0) is 11.3. The predicted molar refractivity (Wildman–Crippen MR) is 59.2 cm³/mol. The van der Waals surface area contributed by atoms with Gasteiger partial charge in [0.15, 0.2) is 4.88 Å². The monoisotopic (exact) mass is 224 g/mol. The number of thiophene rings is 1. The zero-order valence-electron chi connectivity index (χ0n) is 8.65. The van der Waals surface area contributed by atoms with Gasteiger partial charge in [0.05, 0.1) is 7.11 Å². The summed E-state index contributed by atoms with van der Waals surface area (Å²) in [5.41, 5.74) is 0. The summed E-state index contributed by atoms with van der Waals surface area (Å²) in [7, 11) is 1.52. The van der Waals surface area contributed by atoms with Crippen molar-refractivity contribution in [2.24, 2.45) is 0 Å². The number of rotatable bonds is 4. The van der Waals surface area contributed by atoms with Crippen molar-refractivity contribution in [1.29, 1.82) is 0 Å². The number of esters is 1. The third kappa shape index (κ3) is 3.00. The summed E-state index contributed by atoms with van der Waals surface area (Å²) >= 11 is 1.29. The van der Waals surface area contributed by atoms with E-state index in [1.807, 2.05) is 0 Å². The Kier molecular flexibility index (Phi) is 4.19. The Labute approximate surface area is 93.0 Å². The van der Waals surface area contributed by atoms with Crippen LogP contribution >= 0.6 is 11.3 Å². The molecule has 1 rings (SSSR count). The lowest BCUT2D eigenvalue weighted by Crippen LogP contribution is -2.13. The molecule has 15 heavy (non-hydrogen) atoms. The van der Waals surface area contributed by atoms with Gasteiger partial charge in [-0.3, -0.25) is 0 Å². The van der Waals surface area contributed by atoms with Crippen LogP contribution in [0.15, 0.2) is 11.4 Å². The molecule has 0 radical (unpaired) electrons. The lowest BCUT2D eigenvalue weighted by atomic mass is 10.3. The largest absolute Gasteiger partial charge is 0.495 e. The first-order chi connectivity index (χ1) is 7.19. The summed E-state index contributed by atoms with van der Waals surface area (Å²) < 4.78 is 10.1. The molecular formula is C11H12O3S. The van der Waals surface area contributed by atoms with Crippen molar-refractivity contribution in [2.45, 2.75) is 19.4 Å². The van der Waals surface area contributed by atoms with Crippen LogP contribution in [0.1, 0.15) is 23.0 Å². The van der Waals surface area contributed by atoms with E-state index in [0.29, 0.717) is 17.0 Å². The number of carbonyl (C=O) groups excluding carboxylic acids is 1. The molecule has 1 atom stereocenters. The molecule has 3 nitrogen and oxygen atoms in total. The van der Waals surface area contributed by atoms with Gasteiger partial charge in [-0.2, -0.15) is 0 Å². The molecule has 4 heteroatoms. The van der Waals surface area contributed by atoms with Crippen molar-refractivity contribution in [2.75, 3.05) is 7.11 Å². The van der Waals surface area contributed by atoms with Crippen LogP contribution in [0.4, 0.5) is 0 Å². The van der Waals surface area contributed by atoms with E-state index < -0.39 is 0 Å². The maximum absolute atomic E-state index is 11.6. The van der Waals surface area contributed by atoms with E-state index >= 15 is 0 Å². The fourth-order valence-electron chi connectivity index (χ4n) is 1.05. The smallest absolute Gasteiger partial charge is 0.352 e. The maximum Gasteiger partial charge on any atom is 0.352 e. The van der Waals surface area contributed by atoms with Crippen LogP contribution in [0.5, 0.6) is 5.75 Å². The fourth-order valence-corrected chi connectivity index (χ4v) is 1.79. The molecule has 0 saturated carbocycles. The van der Waals surface area contributed by atoms with Gasteiger partial charge in [-0.05, 0) is 18.4 Å². The molecular weight excluding hydrogens is 212 g/mol. The van der Waals surface area contributed by atoms with Crippen LogP contribution < -0.4 is 4.74 Å². The summed E-state index contributed by atoms with van der Waals surface area (Å²) in [6, 6.07) is 1.73. The summed E-state index contributed by atoms with van der Waals surface area (Å²) in [5, 5.41) is 1.78. The molecule has 0 aliphatic heterocycles. The van der Waals surface area contributed by atoms with Crippen LogP contribution in [0.3, 0.4) is 0 Å².